The number of hydrogen-bond acceptors (Lipinski definition) is 1. The van der Waals surface area contributed by atoms with E-state index in [0.29, 0.717) is 0 Å². The normalized spacial score (nSPS) is 10.5. The Balaban J connectivity index is 0.00000400. The van der Waals surface area contributed by atoms with Crippen molar-refractivity contribution in [2.24, 2.45) is 0 Å². The second kappa shape index (κ2) is 12.0. The van der Waals surface area contributed by atoms with Crippen LogP contribution in [-0.4, -0.2) is 5.21 Å². The van der Waals surface area contributed by atoms with Crippen LogP contribution in [0.5, 0.6) is 0 Å². The molecule has 0 bridgehead atoms. The topological polar surface area (TPSA) is 36.8 Å². The first-order chi connectivity index (χ1) is 9.78. The van der Waals surface area contributed by atoms with Crippen molar-refractivity contribution >= 4 is 5.69 Å². The van der Waals surface area contributed by atoms with Crippen molar-refractivity contribution < 1.29 is 23.1 Å². The standard InChI is InChI=1S/C18H31NO.ClH/c1-4-7-10-15-13-14-18(19-20)17(12-9-6-3)16(15)11-8-5-2;/h13-14,19-20H,4-12H2,1-3H3;1H. The second-order valence-corrected chi connectivity index (χ2v) is 5.71. The Bertz CT molecular complexity index is 393. The first-order valence-electron chi connectivity index (χ1n) is 8.39. The highest BCUT2D eigenvalue weighted by Crippen LogP contribution is 2.26. The summed E-state index contributed by atoms with van der Waals surface area (Å²) in [5.74, 6) is 0. The number of halogens is 1. The minimum atomic E-state index is 0. The summed E-state index contributed by atoms with van der Waals surface area (Å²) in [5.41, 5.74) is 6.76. The van der Waals surface area contributed by atoms with Crippen LogP contribution in [0.1, 0.15) is 76.0 Å². The smallest absolute Gasteiger partial charge is 0.165 e. The third-order valence-corrected chi connectivity index (χ3v) is 4.06. The molecule has 0 saturated carbocycles. The van der Waals surface area contributed by atoms with Crippen molar-refractivity contribution in [3.63, 3.8) is 0 Å². The minimum absolute atomic E-state index is 0. The number of rotatable bonds is 10. The summed E-state index contributed by atoms with van der Waals surface area (Å²) in [4.78, 5) is 0. The van der Waals surface area contributed by atoms with E-state index in [2.05, 4.69) is 32.9 Å². The monoisotopic (exact) mass is 313 g/mol. The van der Waals surface area contributed by atoms with Crippen LogP contribution >= 0.6 is 0 Å². The Hall–Kier alpha value is -0.570. The third kappa shape index (κ3) is 6.37. The van der Waals surface area contributed by atoms with Gasteiger partial charge in [-0.3, -0.25) is 0 Å². The maximum atomic E-state index is 9.51. The molecule has 21 heavy (non-hydrogen) atoms. The number of hydrogen-bond donors (Lipinski definition) is 2. The van der Waals surface area contributed by atoms with Crippen LogP contribution in [0.3, 0.4) is 0 Å². The van der Waals surface area contributed by atoms with Crippen LogP contribution in [0.25, 0.3) is 0 Å². The van der Waals surface area contributed by atoms with Crippen molar-refractivity contribution in [3.05, 3.63) is 28.8 Å². The maximum Gasteiger partial charge on any atom is 0.165 e. The van der Waals surface area contributed by atoms with Crippen molar-refractivity contribution in [2.75, 3.05) is 0 Å². The van der Waals surface area contributed by atoms with Gasteiger partial charge in [-0.05, 0) is 49.7 Å². The van der Waals surface area contributed by atoms with Gasteiger partial charge in [-0.2, -0.15) is 5.48 Å². The van der Waals surface area contributed by atoms with Gasteiger partial charge in [0.25, 0.3) is 0 Å². The number of benzene rings is 1. The predicted octanol–water partition coefficient (Wildman–Crippen LogP) is 1.30. The molecule has 1 aromatic carbocycles. The molecule has 0 amide bonds. The van der Waals surface area contributed by atoms with Crippen LogP contribution in [0, 0.1) is 0 Å². The van der Waals surface area contributed by atoms with Gasteiger partial charge in [0.1, 0.15) is 0 Å². The molecule has 0 spiro atoms. The van der Waals surface area contributed by atoms with E-state index in [-0.39, 0.29) is 12.4 Å². The van der Waals surface area contributed by atoms with Crippen LogP contribution in [-0.2, 0) is 19.3 Å². The highest BCUT2D eigenvalue weighted by Gasteiger charge is 2.15. The molecule has 0 heterocycles. The predicted molar refractivity (Wildman–Crippen MR) is 85.6 cm³/mol. The Kier molecular flexibility index (Phi) is 11.7. The molecule has 1 rings (SSSR count). The molecule has 1 aromatic rings. The van der Waals surface area contributed by atoms with Gasteiger partial charge in [-0.1, -0.05) is 46.1 Å². The van der Waals surface area contributed by atoms with Gasteiger partial charge >= 0.3 is 0 Å². The van der Waals surface area contributed by atoms with E-state index in [9.17, 15) is 5.21 Å². The second-order valence-electron chi connectivity index (χ2n) is 5.71. The summed E-state index contributed by atoms with van der Waals surface area (Å²) in [6.07, 6.45) is 10.8. The van der Waals surface area contributed by atoms with Crippen LogP contribution in [0.15, 0.2) is 12.1 Å². The van der Waals surface area contributed by atoms with Gasteiger partial charge in [0, 0.05) is 11.6 Å². The SMILES string of the molecule is CCCCc1ccc([NH2+]O)c(CCCC)c1CCCC.[Cl-]. The molecule has 0 unspecified atom stereocenters. The highest BCUT2D eigenvalue weighted by molar-refractivity contribution is 5.49. The largest absolute Gasteiger partial charge is 1.00 e. The molecule has 0 saturated heterocycles. The summed E-state index contributed by atoms with van der Waals surface area (Å²) in [6.45, 7) is 6.73. The zero-order valence-corrected chi connectivity index (χ0v) is 14.7. The lowest BCUT2D eigenvalue weighted by atomic mass is 9.90. The highest BCUT2D eigenvalue weighted by atomic mass is 35.5. The lowest BCUT2D eigenvalue weighted by molar-refractivity contribution is -0.826. The van der Waals surface area contributed by atoms with E-state index < -0.39 is 0 Å². The average molecular weight is 314 g/mol. The average Bonchev–Trinajstić information content (AvgIpc) is 2.48. The Morgan fingerprint density at radius 2 is 1.33 bits per heavy atom. The van der Waals surface area contributed by atoms with E-state index >= 15 is 0 Å². The fourth-order valence-corrected chi connectivity index (χ4v) is 2.80. The van der Waals surface area contributed by atoms with Gasteiger partial charge in [0.05, 0.1) is 0 Å². The van der Waals surface area contributed by atoms with Crippen LogP contribution < -0.4 is 17.9 Å². The molecule has 3 heteroatoms. The van der Waals surface area contributed by atoms with Gasteiger partial charge < -0.3 is 12.4 Å². The third-order valence-electron chi connectivity index (χ3n) is 4.06. The summed E-state index contributed by atoms with van der Waals surface area (Å²) in [7, 11) is 0. The van der Waals surface area contributed by atoms with Crippen molar-refractivity contribution in [1.29, 1.82) is 0 Å². The summed E-state index contributed by atoms with van der Waals surface area (Å²) in [5, 5.41) is 9.51. The van der Waals surface area contributed by atoms with Crippen molar-refractivity contribution in [2.45, 2.75) is 78.6 Å². The molecule has 0 radical (unpaired) electrons. The molecule has 0 atom stereocenters. The maximum absolute atomic E-state index is 9.51. The van der Waals surface area contributed by atoms with E-state index in [1.807, 2.05) is 0 Å². The molecule has 0 aliphatic carbocycles. The Morgan fingerprint density at radius 1 is 0.810 bits per heavy atom. The van der Waals surface area contributed by atoms with Crippen LogP contribution in [0.2, 0.25) is 0 Å². The molecule has 122 valence electrons. The molecule has 0 aliphatic rings. The molecule has 0 fully saturated rings. The zero-order chi connectivity index (χ0) is 14.8. The number of nitrogens with two attached hydrogens (primary N) is 1. The van der Waals surface area contributed by atoms with Crippen LogP contribution in [0.4, 0.5) is 5.69 Å². The summed E-state index contributed by atoms with van der Waals surface area (Å²) < 4.78 is 0. The first-order valence-corrected chi connectivity index (χ1v) is 8.39. The van der Waals surface area contributed by atoms with E-state index in [1.54, 1.807) is 0 Å². The molecule has 0 aromatic heterocycles. The van der Waals surface area contributed by atoms with Crippen molar-refractivity contribution in [1.82, 2.24) is 0 Å². The summed E-state index contributed by atoms with van der Waals surface area (Å²) in [6, 6.07) is 4.34. The Morgan fingerprint density at radius 3 is 1.86 bits per heavy atom. The molecule has 3 N–H and O–H groups in total. The van der Waals surface area contributed by atoms with E-state index in [4.69, 9.17) is 0 Å². The molecular weight excluding hydrogens is 282 g/mol. The van der Waals surface area contributed by atoms with E-state index in [0.717, 1.165) is 18.5 Å². The molecule has 2 nitrogen and oxygen atoms in total. The van der Waals surface area contributed by atoms with Gasteiger partial charge in [-0.25, -0.2) is 5.21 Å². The quantitative estimate of drug-likeness (QED) is 0.496. The summed E-state index contributed by atoms with van der Waals surface area (Å²) >= 11 is 0. The van der Waals surface area contributed by atoms with Gasteiger partial charge in [0.15, 0.2) is 5.69 Å². The lowest BCUT2D eigenvalue weighted by Gasteiger charge is -2.16. The number of quaternary nitrogens is 1. The lowest BCUT2D eigenvalue weighted by Crippen LogP contribution is -3.00. The fourth-order valence-electron chi connectivity index (χ4n) is 2.80. The minimum Gasteiger partial charge on any atom is -1.00 e. The van der Waals surface area contributed by atoms with Gasteiger partial charge in [0.2, 0.25) is 0 Å². The first kappa shape index (κ1) is 20.4. The van der Waals surface area contributed by atoms with E-state index in [1.165, 1.54) is 67.1 Å². The molecular formula is C18H32ClNO. The number of unbranched alkanes of at least 4 members (excludes halogenated alkanes) is 3. The fraction of sp³-hybridized carbons (Fsp3) is 0.667. The zero-order valence-electron chi connectivity index (χ0n) is 13.9. The number of aryl methyl sites for hydroxylation is 1. The van der Waals surface area contributed by atoms with Gasteiger partial charge in [-0.15, -0.1) is 0 Å². The molecule has 0 aliphatic heterocycles. The van der Waals surface area contributed by atoms with Crippen molar-refractivity contribution in [3.8, 4) is 0 Å². The Labute approximate surface area is 136 Å².